The monoisotopic (exact) mass is 289 g/mol. The molecule has 1 aromatic carbocycles. The lowest BCUT2D eigenvalue weighted by Gasteiger charge is -2.09. The molecule has 0 aromatic heterocycles. The summed E-state index contributed by atoms with van der Waals surface area (Å²) in [7, 11) is 1.34. The summed E-state index contributed by atoms with van der Waals surface area (Å²) in [5, 5.41) is 0. The lowest BCUT2D eigenvalue weighted by molar-refractivity contribution is -0.141. The number of carbonyl (C=O) groups is 1. The fraction of sp³-hybridized carbons (Fsp3) is 0.300. The van der Waals surface area contributed by atoms with E-state index in [0.29, 0.717) is 5.75 Å². The minimum atomic E-state index is -0.577. The number of carbonyl (C=O) groups excluding carboxylic acids is 1. The van der Waals surface area contributed by atoms with Crippen LogP contribution < -0.4 is 5.73 Å². The number of nitrogens with two attached hydrogens (primary N) is 1. The van der Waals surface area contributed by atoms with Crippen molar-refractivity contribution in [2.45, 2.75) is 10.9 Å². The Morgan fingerprint density at radius 2 is 2.27 bits per heavy atom. The first-order valence-corrected chi connectivity index (χ1v) is 6.13. The predicted molar refractivity (Wildman–Crippen MR) is 64.9 cm³/mol. The Balaban J connectivity index is 2.50. The molecule has 1 rings (SSSR count). The quantitative estimate of drug-likeness (QED) is 0.681. The van der Waals surface area contributed by atoms with Crippen molar-refractivity contribution in [1.82, 2.24) is 0 Å². The number of esters is 1. The molecule has 0 fully saturated rings. The van der Waals surface area contributed by atoms with Gasteiger partial charge in [-0.1, -0.05) is 12.1 Å². The van der Waals surface area contributed by atoms with Crippen LogP contribution in [0.25, 0.3) is 0 Å². The van der Waals surface area contributed by atoms with E-state index in [-0.39, 0.29) is 5.97 Å². The normalized spacial score (nSPS) is 12.2. The number of hydrogen-bond donors (Lipinski definition) is 1. The van der Waals surface area contributed by atoms with Crippen LogP contribution in [0.15, 0.2) is 33.6 Å². The zero-order valence-electron chi connectivity index (χ0n) is 8.27. The van der Waals surface area contributed by atoms with Gasteiger partial charge in [-0.15, -0.1) is 11.8 Å². The van der Waals surface area contributed by atoms with Gasteiger partial charge in [-0.05, 0) is 28.1 Å². The van der Waals surface area contributed by atoms with Gasteiger partial charge >= 0.3 is 5.97 Å². The number of benzene rings is 1. The number of rotatable bonds is 4. The molecule has 0 spiro atoms. The standard InChI is InChI=1S/C10H12BrNO2S/c1-14-10(13)8(12)6-15-9-5-3-2-4-7(9)11/h2-5,8H,6,12H2,1H3. The van der Waals surface area contributed by atoms with Crippen molar-refractivity contribution in [3.63, 3.8) is 0 Å². The minimum Gasteiger partial charge on any atom is -0.468 e. The van der Waals surface area contributed by atoms with Crippen molar-refractivity contribution in [1.29, 1.82) is 0 Å². The fourth-order valence-corrected chi connectivity index (χ4v) is 2.46. The van der Waals surface area contributed by atoms with Crippen LogP contribution in [-0.2, 0) is 9.53 Å². The highest BCUT2D eigenvalue weighted by atomic mass is 79.9. The van der Waals surface area contributed by atoms with E-state index in [2.05, 4.69) is 20.7 Å². The summed E-state index contributed by atoms with van der Waals surface area (Å²) >= 11 is 4.95. The van der Waals surface area contributed by atoms with Crippen LogP contribution in [-0.4, -0.2) is 24.9 Å². The lowest BCUT2D eigenvalue weighted by atomic mass is 10.4. The molecule has 0 saturated heterocycles. The second-order valence-corrected chi connectivity index (χ2v) is 4.79. The van der Waals surface area contributed by atoms with Gasteiger partial charge in [0, 0.05) is 15.1 Å². The maximum atomic E-state index is 11.0. The molecule has 1 atom stereocenters. The number of hydrogen-bond acceptors (Lipinski definition) is 4. The van der Waals surface area contributed by atoms with Gasteiger partial charge in [0.1, 0.15) is 6.04 Å². The van der Waals surface area contributed by atoms with Gasteiger partial charge < -0.3 is 10.5 Å². The average molecular weight is 290 g/mol. The zero-order valence-corrected chi connectivity index (χ0v) is 10.7. The molecule has 1 unspecified atom stereocenters. The van der Waals surface area contributed by atoms with Gasteiger partial charge in [0.15, 0.2) is 0 Å². The summed E-state index contributed by atoms with van der Waals surface area (Å²) in [6.07, 6.45) is 0. The highest BCUT2D eigenvalue weighted by Gasteiger charge is 2.14. The number of methoxy groups -OCH3 is 1. The Labute approximate surface area is 101 Å². The molecule has 0 aliphatic carbocycles. The minimum absolute atomic E-state index is 0.380. The maximum Gasteiger partial charge on any atom is 0.323 e. The average Bonchev–Trinajstić information content (AvgIpc) is 2.26. The predicted octanol–water partition coefficient (Wildman–Crippen LogP) is 2.04. The van der Waals surface area contributed by atoms with Crippen molar-refractivity contribution in [2.24, 2.45) is 5.73 Å². The Hall–Kier alpha value is -0.520. The molecule has 0 heterocycles. The molecule has 0 radical (unpaired) electrons. The molecule has 2 N–H and O–H groups in total. The molecular formula is C10H12BrNO2S. The third-order valence-electron chi connectivity index (χ3n) is 1.76. The first kappa shape index (κ1) is 12.5. The van der Waals surface area contributed by atoms with Gasteiger partial charge in [0.05, 0.1) is 7.11 Å². The summed E-state index contributed by atoms with van der Waals surface area (Å²) in [5.74, 6) is 0.129. The van der Waals surface area contributed by atoms with Gasteiger partial charge in [-0.2, -0.15) is 0 Å². The van der Waals surface area contributed by atoms with Crippen LogP contribution in [0.1, 0.15) is 0 Å². The van der Waals surface area contributed by atoms with E-state index in [1.807, 2.05) is 24.3 Å². The highest BCUT2D eigenvalue weighted by molar-refractivity contribution is 9.10. The Kier molecular flexibility index (Phi) is 5.14. The van der Waals surface area contributed by atoms with Crippen molar-refractivity contribution in [2.75, 3.05) is 12.9 Å². The molecule has 15 heavy (non-hydrogen) atoms. The van der Waals surface area contributed by atoms with Crippen LogP contribution in [0, 0.1) is 0 Å². The summed E-state index contributed by atoms with van der Waals surface area (Å²) in [4.78, 5) is 12.1. The van der Waals surface area contributed by atoms with E-state index < -0.39 is 6.04 Å². The smallest absolute Gasteiger partial charge is 0.323 e. The summed E-state index contributed by atoms with van der Waals surface area (Å²) in [6, 6.07) is 7.22. The highest BCUT2D eigenvalue weighted by Crippen LogP contribution is 2.27. The molecule has 82 valence electrons. The number of halogens is 1. The summed E-state index contributed by atoms with van der Waals surface area (Å²) in [6.45, 7) is 0. The zero-order chi connectivity index (χ0) is 11.3. The van der Waals surface area contributed by atoms with E-state index in [4.69, 9.17) is 5.73 Å². The van der Waals surface area contributed by atoms with E-state index in [0.717, 1.165) is 9.37 Å². The molecule has 5 heteroatoms. The van der Waals surface area contributed by atoms with Crippen LogP contribution in [0.3, 0.4) is 0 Å². The van der Waals surface area contributed by atoms with E-state index in [9.17, 15) is 4.79 Å². The molecule has 0 amide bonds. The lowest BCUT2D eigenvalue weighted by Crippen LogP contribution is -2.33. The van der Waals surface area contributed by atoms with Crippen molar-refractivity contribution < 1.29 is 9.53 Å². The van der Waals surface area contributed by atoms with Gasteiger partial charge in [-0.25, -0.2) is 0 Å². The van der Waals surface area contributed by atoms with Crippen LogP contribution in [0.2, 0.25) is 0 Å². The molecule has 0 aliphatic heterocycles. The first-order valence-electron chi connectivity index (χ1n) is 4.36. The van der Waals surface area contributed by atoms with Crippen molar-refractivity contribution >= 4 is 33.7 Å². The maximum absolute atomic E-state index is 11.0. The molecule has 0 aliphatic rings. The topological polar surface area (TPSA) is 52.3 Å². The molecule has 0 bridgehead atoms. The van der Waals surface area contributed by atoms with E-state index in [1.165, 1.54) is 18.9 Å². The molecule has 0 saturated carbocycles. The van der Waals surface area contributed by atoms with Crippen LogP contribution in [0.5, 0.6) is 0 Å². The molecule has 1 aromatic rings. The third-order valence-corrected chi connectivity index (χ3v) is 3.91. The van der Waals surface area contributed by atoms with Crippen LogP contribution in [0.4, 0.5) is 0 Å². The van der Waals surface area contributed by atoms with Gasteiger partial charge in [0.2, 0.25) is 0 Å². The Morgan fingerprint density at radius 1 is 1.60 bits per heavy atom. The van der Waals surface area contributed by atoms with Crippen molar-refractivity contribution in [3.8, 4) is 0 Å². The van der Waals surface area contributed by atoms with E-state index >= 15 is 0 Å². The fourth-order valence-electron chi connectivity index (χ4n) is 0.961. The molecular weight excluding hydrogens is 278 g/mol. The first-order chi connectivity index (χ1) is 7.15. The summed E-state index contributed by atoms with van der Waals surface area (Å²) < 4.78 is 5.55. The van der Waals surface area contributed by atoms with Crippen molar-refractivity contribution in [3.05, 3.63) is 28.7 Å². The summed E-state index contributed by atoms with van der Waals surface area (Å²) in [5.41, 5.74) is 5.61. The molecule has 3 nitrogen and oxygen atoms in total. The Bertz CT molecular complexity index is 346. The SMILES string of the molecule is COC(=O)C(N)CSc1ccccc1Br. The second kappa shape index (κ2) is 6.15. The van der Waals surface area contributed by atoms with E-state index in [1.54, 1.807) is 0 Å². The largest absolute Gasteiger partial charge is 0.468 e. The van der Waals surface area contributed by atoms with Crippen LogP contribution >= 0.6 is 27.7 Å². The van der Waals surface area contributed by atoms with Gasteiger partial charge in [-0.3, -0.25) is 4.79 Å². The number of thioether (sulfide) groups is 1. The van der Waals surface area contributed by atoms with Gasteiger partial charge in [0.25, 0.3) is 0 Å². The number of ether oxygens (including phenoxy) is 1. The Morgan fingerprint density at radius 3 is 2.87 bits per heavy atom. The third kappa shape index (κ3) is 3.85. The second-order valence-electron chi connectivity index (χ2n) is 2.87.